The lowest BCUT2D eigenvalue weighted by Crippen LogP contribution is -2.28. The van der Waals surface area contributed by atoms with E-state index in [4.69, 9.17) is 5.73 Å². The first kappa shape index (κ1) is 19.4. The summed E-state index contributed by atoms with van der Waals surface area (Å²) < 4.78 is 0. The third kappa shape index (κ3) is 4.23. The maximum absolute atomic E-state index is 12.7. The van der Waals surface area contributed by atoms with Crippen LogP contribution in [0, 0.1) is 0 Å². The van der Waals surface area contributed by atoms with E-state index in [0.29, 0.717) is 22.3 Å². The average Bonchev–Trinajstić information content (AvgIpc) is 3.18. The molecule has 29 heavy (non-hydrogen) atoms. The molecule has 3 aromatic rings. The largest absolute Gasteiger partial charge is 0.378 e. The summed E-state index contributed by atoms with van der Waals surface area (Å²) in [5.41, 5.74) is 8.45. The fourth-order valence-corrected chi connectivity index (χ4v) is 4.75. The summed E-state index contributed by atoms with van der Waals surface area (Å²) in [7, 11) is 0. The monoisotopic (exact) mass is 421 g/mol. The van der Waals surface area contributed by atoms with E-state index in [1.807, 2.05) is 48.7 Å². The van der Waals surface area contributed by atoms with E-state index in [-0.39, 0.29) is 5.91 Å². The van der Waals surface area contributed by atoms with Crippen LogP contribution in [0.5, 0.6) is 0 Å². The maximum atomic E-state index is 12.7. The highest BCUT2D eigenvalue weighted by Gasteiger charge is 2.33. The fourth-order valence-electron chi connectivity index (χ4n) is 3.13. The molecule has 0 fully saturated rings. The minimum atomic E-state index is -0.602. The van der Waals surface area contributed by atoms with Gasteiger partial charge in [-0.05, 0) is 24.0 Å². The summed E-state index contributed by atoms with van der Waals surface area (Å²) in [6.07, 6.45) is 2.29. The molecule has 1 atom stereocenters. The topological polar surface area (TPSA) is 93.3 Å². The molecule has 6 nitrogen and oxygen atoms in total. The fraction of sp³-hybridized carbons (Fsp3) is 0.143. The highest BCUT2D eigenvalue weighted by molar-refractivity contribution is 8.17. The van der Waals surface area contributed by atoms with E-state index in [2.05, 4.69) is 26.9 Å². The SMILES string of the molecule is C=C1C[C@@](C)(c2cc(NC(=O)c3nc(-c4ccccc4)cs3)ccn2)N=C(N)S1. The van der Waals surface area contributed by atoms with Crippen molar-refractivity contribution in [2.75, 3.05) is 5.32 Å². The van der Waals surface area contributed by atoms with Gasteiger partial charge in [0.25, 0.3) is 5.91 Å². The van der Waals surface area contributed by atoms with E-state index < -0.39 is 5.54 Å². The number of amidine groups is 1. The molecule has 0 aliphatic carbocycles. The van der Waals surface area contributed by atoms with E-state index >= 15 is 0 Å². The quantitative estimate of drug-likeness (QED) is 0.640. The molecule has 8 heteroatoms. The van der Waals surface area contributed by atoms with Crippen molar-refractivity contribution in [2.24, 2.45) is 10.7 Å². The van der Waals surface area contributed by atoms with Crippen LogP contribution in [0.3, 0.4) is 0 Å². The molecular weight excluding hydrogens is 402 g/mol. The zero-order chi connectivity index (χ0) is 20.4. The Morgan fingerprint density at radius 2 is 2.07 bits per heavy atom. The zero-order valence-electron chi connectivity index (χ0n) is 15.8. The van der Waals surface area contributed by atoms with Crippen molar-refractivity contribution >= 4 is 39.9 Å². The number of anilines is 1. The molecule has 146 valence electrons. The predicted molar refractivity (Wildman–Crippen MR) is 120 cm³/mol. The zero-order valence-corrected chi connectivity index (χ0v) is 17.4. The van der Waals surface area contributed by atoms with Crippen molar-refractivity contribution in [1.82, 2.24) is 9.97 Å². The number of benzene rings is 1. The van der Waals surface area contributed by atoms with Gasteiger partial charge in [0, 0.05) is 29.2 Å². The third-order valence-corrected chi connectivity index (χ3v) is 6.06. The summed E-state index contributed by atoms with van der Waals surface area (Å²) in [4.78, 5) is 27.1. The van der Waals surface area contributed by atoms with E-state index in [1.54, 1.807) is 12.3 Å². The number of aliphatic imine (C=N–C) groups is 1. The van der Waals surface area contributed by atoms with Crippen molar-refractivity contribution in [3.8, 4) is 11.3 Å². The molecule has 0 saturated heterocycles. The molecule has 3 heterocycles. The van der Waals surface area contributed by atoms with Crippen LogP contribution >= 0.6 is 23.1 Å². The summed E-state index contributed by atoms with van der Waals surface area (Å²) in [5.74, 6) is -0.258. The number of nitrogens with zero attached hydrogens (tertiary/aromatic N) is 3. The Bertz CT molecular complexity index is 1110. The van der Waals surface area contributed by atoms with Crippen LogP contribution < -0.4 is 11.1 Å². The van der Waals surface area contributed by atoms with E-state index in [0.717, 1.165) is 21.9 Å². The Labute approximate surface area is 177 Å². The molecule has 0 bridgehead atoms. The average molecular weight is 422 g/mol. The van der Waals surface area contributed by atoms with Crippen molar-refractivity contribution < 1.29 is 4.79 Å². The number of hydrogen-bond donors (Lipinski definition) is 2. The molecule has 0 spiro atoms. The first-order valence-electron chi connectivity index (χ1n) is 8.93. The third-order valence-electron chi connectivity index (χ3n) is 4.48. The van der Waals surface area contributed by atoms with Gasteiger partial charge < -0.3 is 11.1 Å². The predicted octanol–water partition coefficient (Wildman–Crippen LogP) is 4.64. The molecular formula is C21H19N5OS2. The van der Waals surface area contributed by atoms with Crippen LogP contribution in [0.1, 0.15) is 28.8 Å². The Balaban J connectivity index is 1.54. The van der Waals surface area contributed by atoms with Gasteiger partial charge in [-0.25, -0.2) is 9.98 Å². The number of carbonyl (C=O) groups is 1. The molecule has 0 saturated carbocycles. The number of pyridine rings is 1. The van der Waals surface area contributed by atoms with Gasteiger partial charge >= 0.3 is 0 Å². The second kappa shape index (κ2) is 7.81. The lowest BCUT2D eigenvalue weighted by atomic mass is 9.93. The first-order valence-corrected chi connectivity index (χ1v) is 10.6. The van der Waals surface area contributed by atoms with Crippen LogP contribution in [-0.2, 0) is 5.54 Å². The molecule has 0 radical (unpaired) electrons. The summed E-state index contributed by atoms with van der Waals surface area (Å²) in [6.45, 7) is 5.98. The van der Waals surface area contributed by atoms with Crippen LogP contribution in [0.4, 0.5) is 5.69 Å². The maximum Gasteiger partial charge on any atom is 0.284 e. The van der Waals surface area contributed by atoms with Crippen LogP contribution in [0.25, 0.3) is 11.3 Å². The van der Waals surface area contributed by atoms with Gasteiger partial charge in [0.05, 0.1) is 11.4 Å². The van der Waals surface area contributed by atoms with Crippen molar-refractivity contribution in [1.29, 1.82) is 0 Å². The van der Waals surface area contributed by atoms with Crippen LogP contribution in [0.15, 0.2) is 70.5 Å². The highest BCUT2D eigenvalue weighted by Crippen LogP contribution is 2.39. The Kier molecular flexibility index (Phi) is 5.21. The smallest absolute Gasteiger partial charge is 0.284 e. The molecule has 2 aromatic heterocycles. The number of rotatable bonds is 4. The van der Waals surface area contributed by atoms with Gasteiger partial charge in [-0.2, -0.15) is 0 Å². The lowest BCUT2D eigenvalue weighted by Gasteiger charge is -2.30. The number of carbonyl (C=O) groups excluding carboxylic acids is 1. The summed E-state index contributed by atoms with van der Waals surface area (Å²) in [6, 6.07) is 13.3. The number of amides is 1. The molecule has 4 rings (SSSR count). The Morgan fingerprint density at radius 3 is 2.83 bits per heavy atom. The first-order chi connectivity index (χ1) is 13.9. The molecule has 1 aliphatic heterocycles. The second-order valence-electron chi connectivity index (χ2n) is 6.83. The summed E-state index contributed by atoms with van der Waals surface area (Å²) in [5, 5.41) is 5.65. The minimum absolute atomic E-state index is 0.258. The number of nitrogens with one attached hydrogen (secondary N) is 1. The number of nitrogens with two attached hydrogens (primary N) is 1. The minimum Gasteiger partial charge on any atom is -0.378 e. The normalized spacial score (nSPS) is 18.9. The van der Waals surface area contributed by atoms with E-state index in [1.165, 1.54) is 23.1 Å². The number of hydrogen-bond acceptors (Lipinski definition) is 7. The van der Waals surface area contributed by atoms with Crippen LogP contribution in [0.2, 0.25) is 0 Å². The van der Waals surface area contributed by atoms with Crippen molar-refractivity contribution in [3.63, 3.8) is 0 Å². The highest BCUT2D eigenvalue weighted by atomic mass is 32.2. The molecule has 3 N–H and O–H groups in total. The van der Waals surface area contributed by atoms with Crippen molar-refractivity contribution in [3.05, 3.63) is 76.2 Å². The number of thiazole rings is 1. The number of thioether (sulfide) groups is 1. The van der Waals surface area contributed by atoms with Gasteiger partial charge in [0.15, 0.2) is 10.2 Å². The molecule has 0 unspecified atom stereocenters. The van der Waals surface area contributed by atoms with Gasteiger partial charge in [-0.3, -0.25) is 9.78 Å². The van der Waals surface area contributed by atoms with Gasteiger partial charge in [-0.1, -0.05) is 48.7 Å². The summed E-state index contributed by atoms with van der Waals surface area (Å²) >= 11 is 2.69. The standard InChI is InChI=1S/C21H19N5OS2/c1-13-11-21(2,26-20(22)29-13)17-10-15(8-9-23-17)24-18(27)19-25-16(12-28-19)14-6-4-3-5-7-14/h3-10,12H,1,11H2,2H3,(H2,22,26)(H,23,24,27)/t21-/m0/s1. The number of aromatic nitrogens is 2. The van der Waals surface area contributed by atoms with Crippen molar-refractivity contribution in [2.45, 2.75) is 18.9 Å². The Morgan fingerprint density at radius 1 is 1.28 bits per heavy atom. The Hall–Kier alpha value is -2.97. The van der Waals surface area contributed by atoms with Gasteiger partial charge in [0.1, 0.15) is 5.54 Å². The molecule has 1 aliphatic rings. The molecule has 1 amide bonds. The lowest BCUT2D eigenvalue weighted by molar-refractivity contribution is 0.102. The molecule has 1 aromatic carbocycles. The van der Waals surface area contributed by atoms with Crippen LogP contribution in [-0.4, -0.2) is 21.0 Å². The van der Waals surface area contributed by atoms with Gasteiger partial charge in [0.2, 0.25) is 0 Å². The van der Waals surface area contributed by atoms with E-state index in [9.17, 15) is 4.79 Å². The van der Waals surface area contributed by atoms with Gasteiger partial charge in [-0.15, -0.1) is 11.3 Å². The second-order valence-corrected chi connectivity index (χ2v) is 8.89.